The molecule has 17 heavy (non-hydrogen) atoms. The Morgan fingerprint density at radius 1 is 1.35 bits per heavy atom. The Hall–Kier alpha value is -0.200. The number of hydrogen-bond donors (Lipinski definition) is 3. The van der Waals surface area contributed by atoms with Crippen molar-refractivity contribution in [3.05, 3.63) is 7.43 Å². The van der Waals surface area contributed by atoms with E-state index in [0.717, 1.165) is 50.3 Å². The highest BCUT2D eigenvalue weighted by atomic mass is 16.3. The largest absolute Gasteiger partial charge is 0.390 e. The number of nitrogens with zero attached hydrogens (tertiary/aromatic N) is 2. The summed E-state index contributed by atoms with van der Waals surface area (Å²) >= 11 is 0. The van der Waals surface area contributed by atoms with Gasteiger partial charge in [-0.25, -0.2) is 0 Å². The standard InChI is InChI=1S/C11H24N3O2.CH3/c1-12-6-10(15)7-13-2-4-14(5-3-13)8-11(16)9-14;/h10-12,15-16H,2-9H2,1H3;1H3/q+1;-1. The summed E-state index contributed by atoms with van der Waals surface area (Å²) in [5.74, 6) is 0. The van der Waals surface area contributed by atoms with Crippen molar-refractivity contribution in [2.24, 2.45) is 0 Å². The van der Waals surface area contributed by atoms with E-state index in [1.165, 1.54) is 0 Å². The highest BCUT2D eigenvalue weighted by molar-refractivity contribution is 4.75. The van der Waals surface area contributed by atoms with Crippen LogP contribution in [0.3, 0.4) is 0 Å². The molecule has 2 saturated heterocycles. The molecule has 2 rings (SSSR count). The van der Waals surface area contributed by atoms with Crippen LogP contribution in [-0.4, -0.2) is 91.2 Å². The van der Waals surface area contributed by atoms with Crippen molar-refractivity contribution < 1.29 is 14.7 Å². The fraction of sp³-hybridized carbons (Fsp3) is 0.917. The van der Waals surface area contributed by atoms with Gasteiger partial charge in [0.05, 0.1) is 19.2 Å². The molecule has 5 heteroatoms. The highest BCUT2D eigenvalue weighted by Gasteiger charge is 2.44. The van der Waals surface area contributed by atoms with Gasteiger partial charge in [0.15, 0.2) is 6.10 Å². The summed E-state index contributed by atoms with van der Waals surface area (Å²) in [5, 5.41) is 22.1. The number of aliphatic hydroxyl groups excluding tert-OH is 2. The maximum Gasteiger partial charge on any atom is 0.152 e. The Morgan fingerprint density at radius 3 is 2.41 bits per heavy atom. The van der Waals surface area contributed by atoms with E-state index < -0.39 is 0 Å². The number of quaternary nitrogens is 1. The molecule has 1 spiro atoms. The lowest BCUT2D eigenvalue weighted by molar-refractivity contribution is -0.975. The molecule has 2 aliphatic rings. The van der Waals surface area contributed by atoms with Gasteiger partial charge in [0.2, 0.25) is 0 Å². The monoisotopic (exact) mass is 245 g/mol. The predicted octanol–water partition coefficient (Wildman–Crippen LogP) is -1.48. The summed E-state index contributed by atoms with van der Waals surface area (Å²) in [6.07, 6.45) is -0.333. The van der Waals surface area contributed by atoms with E-state index in [2.05, 4.69) is 10.2 Å². The molecule has 3 N–H and O–H groups in total. The topological polar surface area (TPSA) is 55.7 Å². The van der Waals surface area contributed by atoms with Crippen LogP contribution >= 0.6 is 0 Å². The van der Waals surface area contributed by atoms with E-state index in [-0.39, 0.29) is 19.6 Å². The van der Waals surface area contributed by atoms with E-state index in [4.69, 9.17) is 0 Å². The van der Waals surface area contributed by atoms with Crippen LogP contribution in [0.25, 0.3) is 0 Å². The number of nitrogens with one attached hydrogen (secondary N) is 1. The molecule has 1 atom stereocenters. The molecule has 1 unspecified atom stereocenters. The van der Waals surface area contributed by atoms with Crippen molar-refractivity contribution in [1.29, 1.82) is 0 Å². The average Bonchev–Trinajstić information content (AvgIpc) is 2.20. The van der Waals surface area contributed by atoms with Crippen LogP contribution in [0.15, 0.2) is 0 Å². The van der Waals surface area contributed by atoms with E-state index in [0.29, 0.717) is 6.54 Å². The molecule has 0 amide bonds. The summed E-state index contributed by atoms with van der Waals surface area (Å²) in [5.41, 5.74) is 0. The van der Waals surface area contributed by atoms with Crippen LogP contribution < -0.4 is 5.32 Å². The van der Waals surface area contributed by atoms with E-state index >= 15 is 0 Å². The van der Waals surface area contributed by atoms with Crippen molar-refractivity contribution in [1.82, 2.24) is 10.2 Å². The van der Waals surface area contributed by atoms with Crippen molar-refractivity contribution in [2.75, 3.05) is 59.4 Å². The fourth-order valence-corrected chi connectivity index (χ4v) is 2.92. The third-order valence-corrected chi connectivity index (χ3v) is 3.89. The molecule has 2 fully saturated rings. The van der Waals surface area contributed by atoms with Crippen molar-refractivity contribution in [3.63, 3.8) is 0 Å². The second-order valence-electron chi connectivity index (χ2n) is 5.32. The van der Waals surface area contributed by atoms with Gasteiger partial charge < -0.3 is 27.4 Å². The molecule has 0 aliphatic carbocycles. The van der Waals surface area contributed by atoms with Gasteiger partial charge in [-0.05, 0) is 7.05 Å². The van der Waals surface area contributed by atoms with E-state index in [1.807, 2.05) is 7.05 Å². The highest BCUT2D eigenvalue weighted by Crippen LogP contribution is 2.23. The van der Waals surface area contributed by atoms with Crippen LogP contribution in [0.4, 0.5) is 0 Å². The first kappa shape index (κ1) is 14.9. The van der Waals surface area contributed by atoms with E-state index in [1.54, 1.807) is 0 Å². The van der Waals surface area contributed by atoms with Crippen LogP contribution in [0.2, 0.25) is 0 Å². The number of β-amino-alcohol motifs (C(OH)–C–C–N with tert-alkyl or cyclic N) is 1. The van der Waals surface area contributed by atoms with Crippen molar-refractivity contribution in [3.8, 4) is 0 Å². The van der Waals surface area contributed by atoms with Crippen LogP contribution in [0, 0.1) is 7.43 Å². The summed E-state index contributed by atoms with van der Waals surface area (Å²) in [6.45, 7) is 7.66. The number of rotatable bonds is 4. The smallest absolute Gasteiger partial charge is 0.152 e. The zero-order valence-corrected chi connectivity index (χ0v) is 11.1. The minimum atomic E-state index is -0.265. The third kappa shape index (κ3) is 3.63. The van der Waals surface area contributed by atoms with Gasteiger partial charge in [0.1, 0.15) is 13.1 Å². The van der Waals surface area contributed by atoms with Gasteiger partial charge in [-0.3, -0.25) is 4.90 Å². The zero-order chi connectivity index (χ0) is 11.6. The van der Waals surface area contributed by atoms with Gasteiger partial charge >= 0.3 is 0 Å². The second-order valence-corrected chi connectivity index (χ2v) is 5.32. The number of piperazine rings is 1. The lowest BCUT2D eigenvalue weighted by atomic mass is 10.0. The molecule has 102 valence electrons. The Morgan fingerprint density at radius 2 is 1.94 bits per heavy atom. The second kappa shape index (κ2) is 6.11. The zero-order valence-electron chi connectivity index (χ0n) is 11.1. The molecule has 2 aliphatic heterocycles. The molecular weight excluding hydrogens is 218 g/mol. The molecule has 0 aromatic heterocycles. The molecule has 0 bridgehead atoms. The lowest BCUT2D eigenvalue weighted by Gasteiger charge is -2.52. The Balaban J connectivity index is 0.00000144. The lowest BCUT2D eigenvalue weighted by Crippen LogP contribution is -2.72. The van der Waals surface area contributed by atoms with Crippen LogP contribution in [0.1, 0.15) is 0 Å². The van der Waals surface area contributed by atoms with Gasteiger partial charge in [0, 0.05) is 26.2 Å². The SMILES string of the molecule is CNCC(O)CN1CC[N+]2(CC1)CC(O)C2.[CH3-]. The maximum atomic E-state index is 9.70. The Bertz CT molecular complexity index is 222. The first-order valence-corrected chi connectivity index (χ1v) is 6.22. The van der Waals surface area contributed by atoms with Gasteiger partial charge in [-0.2, -0.15) is 0 Å². The first-order chi connectivity index (χ1) is 7.63. The molecule has 5 nitrogen and oxygen atoms in total. The Kier molecular flexibility index (Phi) is 5.34. The maximum absolute atomic E-state index is 9.70. The molecular formula is C12H27N3O2. The van der Waals surface area contributed by atoms with Gasteiger partial charge in [0.25, 0.3) is 0 Å². The van der Waals surface area contributed by atoms with Crippen LogP contribution in [0.5, 0.6) is 0 Å². The summed E-state index contributed by atoms with van der Waals surface area (Å²) in [6, 6.07) is 0. The molecule has 0 radical (unpaired) electrons. The number of likely N-dealkylation sites (N-methyl/N-ethyl adjacent to an activating group) is 1. The minimum Gasteiger partial charge on any atom is -0.390 e. The average molecular weight is 245 g/mol. The molecule has 0 saturated carbocycles. The van der Waals surface area contributed by atoms with Crippen LogP contribution in [-0.2, 0) is 0 Å². The summed E-state index contributed by atoms with van der Waals surface area (Å²) < 4.78 is 1.10. The number of aliphatic hydroxyl groups is 2. The quantitative estimate of drug-likeness (QED) is 0.418. The summed E-state index contributed by atoms with van der Waals surface area (Å²) in [4.78, 5) is 2.33. The van der Waals surface area contributed by atoms with Crippen molar-refractivity contribution >= 4 is 0 Å². The summed E-state index contributed by atoms with van der Waals surface area (Å²) in [7, 11) is 1.86. The minimum absolute atomic E-state index is 0. The third-order valence-electron chi connectivity index (χ3n) is 3.89. The molecule has 0 aromatic rings. The number of hydrogen-bond acceptors (Lipinski definition) is 4. The van der Waals surface area contributed by atoms with E-state index in [9.17, 15) is 10.2 Å². The van der Waals surface area contributed by atoms with Gasteiger partial charge in [-0.15, -0.1) is 0 Å². The predicted molar refractivity (Wildman–Crippen MR) is 68.5 cm³/mol. The van der Waals surface area contributed by atoms with Crippen molar-refractivity contribution in [2.45, 2.75) is 12.2 Å². The molecule has 2 heterocycles. The normalized spacial score (nSPS) is 26.3. The van der Waals surface area contributed by atoms with Gasteiger partial charge in [-0.1, -0.05) is 0 Å². The molecule has 0 aromatic carbocycles. The fourth-order valence-electron chi connectivity index (χ4n) is 2.92. The Labute approximate surface area is 105 Å². The first-order valence-electron chi connectivity index (χ1n) is 6.22.